The summed E-state index contributed by atoms with van der Waals surface area (Å²) in [6.07, 6.45) is -0.923. The molecule has 0 radical (unpaired) electrons. The fourth-order valence-corrected chi connectivity index (χ4v) is 3.38. The number of benzene rings is 1. The van der Waals surface area contributed by atoms with Crippen molar-refractivity contribution in [2.75, 3.05) is 18.0 Å². The van der Waals surface area contributed by atoms with E-state index in [4.69, 9.17) is 14.2 Å². The van der Waals surface area contributed by atoms with Gasteiger partial charge < -0.3 is 14.2 Å². The van der Waals surface area contributed by atoms with Gasteiger partial charge in [-0.25, -0.2) is 4.31 Å². The molecule has 140 valence electrons. The average molecular weight is 373 g/mol. The van der Waals surface area contributed by atoms with Crippen LogP contribution in [-0.4, -0.2) is 45.0 Å². The van der Waals surface area contributed by atoms with Gasteiger partial charge in [0.1, 0.15) is 12.3 Å². The zero-order valence-corrected chi connectivity index (χ0v) is 15.7. The van der Waals surface area contributed by atoms with Gasteiger partial charge in [-0.2, -0.15) is 8.42 Å². The summed E-state index contributed by atoms with van der Waals surface area (Å²) in [5.74, 6) is -0.209. The maximum absolute atomic E-state index is 11.9. The highest BCUT2D eigenvalue weighted by atomic mass is 32.2. The Kier molecular flexibility index (Phi) is 5.31. The summed E-state index contributed by atoms with van der Waals surface area (Å²) < 4.78 is 49.6. The minimum atomic E-state index is -4.66. The Bertz CT molecular complexity index is 758. The fourth-order valence-electron chi connectivity index (χ4n) is 2.74. The fraction of sp³-hybridized carbons (Fsp3) is 0.562. The van der Waals surface area contributed by atoms with Gasteiger partial charge in [0.2, 0.25) is 6.29 Å². The summed E-state index contributed by atoms with van der Waals surface area (Å²) in [7, 11) is -3.14. The van der Waals surface area contributed by atoms with Crippen molar-refractivity contribution in [2.24, 2.45) is 0 Å². The molecule has 2 rings (SSSR count). The van der Waals surface area contributed by atoms with Gasteiger partial charge >= 0.3 is 16.3 Å². The van der Waals surface area contributed by atoms with Gasteiger partial charge in [0, 0.05) is 12.7 Å². The van der Waals surface area contributed by atoms with Gasteiger partial charge in [-0.05, 0) is 45.9 Å². The quantitative estimate of drug-likeness (QED) is 0.600. The van der Waals surface area contributed by atoms with Crippen LogP contribution in [0.15, 0.2) is 18.2 Å². The first-order valence-corrected chi connectivity index (χ1v) is 9.15. The van der Waals surface area contributed by atoms with E-state index in [0.717, 1.165) is 0 Å². The zero-order valence-electron chi connectivity index (χ0n) is 14.8. The van der Waals surface area contributed by atoms with Crippen molar-refractivity contribution in [1.82, 2.24) is 0 Å². The highest BCUT2D eigenvalue weighted by Crippen LogP contribution is 2.44. The Hall–Kier alpha value is -1.84. The van der Waals surface area contributed by atoms with Crippen molar-refractivity contribution in [2.45, 2.75) is 45.5 Å². The number of hydrogen-bond acceptors (Lipinski definition) is 6. The second-order valence-electron chi connectivity index (χ2n) is 6.61. The van der Waals surface area contributed by atoms with Gasteiger partial charge in [-0.15, -0.1) is 0 Å². The predicted molar refractivity (Wildman–Crippen MR) is 91.0 cm³/mol. The van der Waals surface area contributed by atoms with Crippen molar-refractivity contribution in [1.29, 1.82) is 0 Å². The molecule has 0 fully saturated rings. The van der Waals surface area contributed by atoms with Crippen molar-refractivity contribution < 1.29 is 32.0 Å². The van der Waals surface area contributed by atoms with Crippen LogP contribution in [0.3, 0.4) is 0 Å². The molecule has 1 aromatic carbocycles. The van der Waals surface area contributed by atoms with E-state index in [0.29, 0.717) is 15.6 Å². The van der Waals surface area contributed by atoms with Crippen LogP contribution < -0.4 is 9.04 Å². The van der Waals surface area contributed by atoms with E-state index in [1.54, 1.807) is 26.0 Å². The molecule has 0 aromatic heterocycles. The summed E-state index contributed by atoms with van der Waals surface area (Å²) in [5, 5.41) is 0. The van der Waals surface area contributed by atoms with Gasteiger partial charge in [-0.3, -0.25) is 9.35 Å². The molecule has 0 bridgehead atoms. The molecule has 0 amide bonds. The molecule has 0 aliphatic carbocycles. The number of ether oxygens (including phenoxy) is 3. The van der Waals surface area contributed by atoms with E-state index >= 15 is 0 Å². The van der Waals surface area contributed by atoms with Crippen LogP contribution in [0, 0.1) is 0 Å². The first-order chi connectivity index (χ1) is 11.5. The van der Waals surface area contributed by atoms with Crippen molar-refractivity contribution in [3.8, 4) is 5.75 Å². The SMILES string of the molecule is COC1Oc2ccc(N(CC(=O)OC(C)C)S(=O)(=O)O)cc2C1(C)C. The molecule has 0 spiro atoms. The molecule has 1 heterocycles. The predicted octanol–water partition coefficient (Wildman–Crippen LogP) is 1.89. The number of methoxy groups -OCH3 is 1. The van der Waals surface area contributed by atoms with E-state index < -0.39 is 40.6 Å². The highest BCUT2D eigenvalue weighted by Gasteiger charge is 2.42. The topological polar surface area (TPSA) is 102 Å². The first kappa shape index (κ1) is 19.5. The second-order valence-corrected chi connectivity index (χ2v) is 7.95. The Balaban J connectivity index is 2.40. The number of anilines is 1. The number of hydrogen-bond donors (Lipinski definition) is 1. The van der Waals surface area contributed by atoms with Crippen LogP contribution in [0.5, 0.6) is 5.75 Å². The van der Waals surface area contributed by atoms with Crippen LogP contribution in [0.1, 0.15) is 33.3 Å². The molecule has 0 saturated heterocycles. The molecule has 1 atom stereocenters. The Morgan fingerprint density at radius 2 is 2.04 bits per heavy atom. The van der Waals surface area contributed by atoms with E-state index in [9.17, 15) is 17.8 Å². The van der Waals surface area contributed by atoms with Crippen LogP contribution in [-0.2, 0) is 30.0 Å². The number of carbonyl (C=O) groups excluding carboxylic acids is 1. The lowest BCUT2D eigenvalue weighted by Crippen LogP contribution is -2.37. The summed E-state index contributed by atoms with van der Waals surface area (Å²) in [6.45, 7) is 6.44. The van der Waals surface area contributed by atoms with E-state index in [1.807, 2.05) is 13.8 Å². The molecule has 9 heteroatoms. The molecule has 0 saturated carbocycles. The second kappa shape index (κ2) is 6.81. The van der Waals surface area contributed by atoms with Crippen molar-refractivity contribution in [3.63, 3.8) is 0 Å². The normalized spacial score (nSPS) is 18.6. The van der Waals surface area contributed by atoms with Crippen LogP contribution in [0.2, 0.25) is 0 Å². The molecule has 8 nitrogen and oxygen atoms in total. The number of esters is 1. The Morgan fingerprint density at radius 3 is 2.56 bits per heavy atom. The minimum Gasteiger partial charge on any atom is -0.464 e. The van der Waals surface area contributed by atoms with Crippen molar-refractivity contribution in [3.05, 3.63) is 23.8 Å². The number of nitrogens with zero attached hydrogens (tertiary/aromatic N) is 1. The zero-order chi connectivity index (χ0) is 19.0. The molecule has 25 heavy (non-hydrogen) atoms. The van der Waals surface area contributed by atoms with Gasteiger partial charge in [0.05, 0.1) is 17.2 Å². The summed E-state index contributed by atoms with van der Waals surface area (Å²) >= 11 is 0. The van der Waals surface area contributed by atoms with Gasteiger partial charge in [0.15, 0.2) is 0 Å². The highest BCUT2D eigenvalue weighted by molar-refractivity contribution is 7.87. The lowest BCUT2D eigenvalue weighted by molar-refractivity contribution is -0.145. The maximum Gasteiger partial charge on any atom is 0.360 e. The molecule has 1 aliphatic heterocycles. The standard InChI is InChI=1S/C16H23NO7S/c1-10(2)23-14(18)9-17(25(19,20)21)11-6-7-13-12(8-11)16(3,4)15(22-5)24-13/h6-8,10,15H,9H2,1-5H3,(H,19,20,21). The lowest BCUT2D eigenvalue weighted by atomic mass is 9.85. The molecular weight excluding hydrogens is 350 g/mol. The Morgan fingerprint density at radius 1 is 1.40 bits per heavy atom. The van der Waals surface area contributed by atoms with E-state index in [1.165, 1.54) is 13.2 Å². The third-order valence-corrected chi connectivity index (χ3v) is 4.80. The van der Waals surface area contributed by atoms with Crippen LogP contribution in [0.25, 0.3) is 0 Å². The third-order valence-electron chi connectivity index (χ3n) is 3.90. The number of carbonyl (C=O) groups is 1. The molecule has 1 unspecified atom stereocenters. The summed E-state index contributed by atoms with van der Waals surface area (Å²) in [6, 6.07) is 4.59. The van der Waals surface area contributed by atoms with E-state index in [2.05, 4.69) is 0 Å². The Labute approximate surface area is 147 Å². The molecule has 1 N–H and O–H groups in total. The largest absolute Gasteiger partial charge is 0.464 e. The smallest absolute Gasteiger partial charge is 0.360 e. The third kappa shape index (κ3) is 4.05. The van der Waals surface area contributed by atoms with Gasteiger partial charge in [-0.1, -0.05) is 0 Å². The average Bonchev–Trinajstić information content (AvgIpc) is 2.73. The van der Waals surface area contributed by atoms with Crippen LogP contribution >= 0.6 is 0 Å². The van der Waals surface area contributed by atoms with Gasteiger partial charge in [0.25, 0.3) is 0 Å². The number of rotatable bonds is 6. The summed E-state index contributed by atoms with van der Waals surface area (Å²) in [4.78, 5) is 11.9. The molecular formula is C16H23NO7S. The lowest BCUT2D eigenvalue weighted by Gasteiger charge is -2.25. The number of fused-ring (bicyclic) bond motifs is 1. The van der Waals surface area contributed by atoms with Crippen molar-refractivity contribution >= 4 is 22.0 Å². The van der Waals surface area contributed by atoms with E-state index in [-0.39, 0.29) is 5.69 Å². The minimum absolute atomic E-state index is 0.135. The maximum atomic E-state index is 11.9. The summed E-state index contributed by atoms with van der Waals surface area (Å²) in [5.41, 5.74) is 0.307. The molecule has 1 aliphatic rings. The molecule has 1 aromatic rings. The monoisotopic (exact) mass is 373 g/mol. The first-order valence-electron chi connectivity index (χ1n) is 7.75. The van der Waals surface area contributed by atoms with Crippen LogP contribution in [0.4, 0.5) is 5.69 Å².